The van der Waals surface area contributed by atoms with Crippen molar-refractivity contribution >= 4 is 35.3 Å². The molecule has 2 rings (SSSR count). The van der Waals surface area contributed by atoms with Crippen LogP contribution in [0.1, 0.15) is 11.1 Å². The summed E-state index contributed by atoms with van der Waals surface area (Å²) in [4.78, 5) is 42.3. The second kappa shape index (κ2) is 7.39. The molecule has 0 N–H and O–H groups in total. The second-order valence-electron chi connectivity index (χ2n) is 4.23. The number of benzene rings is 2. The summed E-state index contributed by atoms with van der Waals surface area (Å²) >= 11 is 0. The van der Waals surface area contributed by atoms with E-state index in [1.54, 1.807) is 0 Å². The minimum Gasteiger partial charge on any atom is -0.211 e. The Kier molecular flexibility index (Phi) is 5.03. The van der Waals surface area contributed by atoms with Gasteiger partial charge in [0.25, 0.3) is 0 Å². The standard InChI is InChI=1S/C16H9N3O3/c20-9-17-13-7-15(18-10-21)14(16(8-13)19-11-22)6-12-4-2-1-3-5-12/h1-5,7-8H,6H2. The fraction of sp³-hybridized carbons (Fsp3) is 0.0625. The predicted octanol–water partition coefficient (Wildman–Crippen LogP) is 3.18. The zero-order chi connectivity index (χ0) is 15.8. The summed E-state index contributed by atoms with van der Waals surface area (Å²) in [7, 11) is 0. The molecule has 6 heteroatoms. The molecule has 6 nitrogen and oxygen atoms in total. The lowest BCUT2D eigenvalue weighted by molar-refractivity contribution is 0.564. The number of nitrogens with zero attached hydrogens (tertiary/aromatic N) is 3. The van der Waals surface area contributed by atoms with Crippen LogP contribution in [-0.4, -0.2) is 18.2 Å². The van der Waals surface area contributed by atoms with E-state index < -0.39 is 0 Å². The van der Waals surface area contributed by atoms with Gasteiger partial charge in [-0.05, 0) is 17.7 Å². The van der Waals surface area contributed by atoms with Crippen molar-refractivity contribution in [2.24, 2.45) is 15.0 Å². The van der Waals surface area contributed by atoms with E-state index in [2.05, 4.69) is 15.0 Å². The maximum absolute atomic E-state index is 10.6. The molecule has 0 aliphatic carbocycles. The van der Waals surface area contributed by atoms with Crippen molar-refractivity contribution in [3.8, 4) is 0 Å². The van der Waals surface area contributed by atoms with Crippen LogP contribution in [0.25, 0.3) is 0 Å². The molecule has 0 unspecified atom stereocenters. The highest BCUT2D eigenvalue weighted by molar-refractivity contribution is 5.73. The van der Waals surface area contributed by atoms with Crippen LogP contribution < -0.4 is 0 Å². The van der Waals surface area contributed by atoms with E-state index in [1.807, 2.05) is 30.3 Å². The van der Waals surface area contributed by atoms with Gasteiger partial charge in [-0.2, -0.15) is 15.0 Å². The van der Waals surface area contributed by atoms with Gasteiger partial charge in [0.15, 0.2) is 0 Å². The Morgan fingerprint density at radius 2 is 1.32 bits per heavy atom. The molecule has 0 bridgehead atoms. The molecule has 0 atom stereocenters. The third-order valence-corrected chi connectivity index (χ3v) is 2.92. The van der Waals surface area contributed by atoms with E-state index in [0.29, 0.717) is 12.0 Å². The Hall–Kier alpha value is -3.42. The molecule has 0 aliphatic rings. The summed E-state index contributed by atoms with van der Waals surface area (Å²) in [5.41, 5.74) is 2.16. The zero-order valence-corrected chi connectivity index (χ0v) is 11.3. The maximum atomic E-state index is 10.6. The van der Waals surface area contributed by atoms with Crippen LogP contribution >= 0.6 is 0 Å². The normalized spacial score (nSPS) is 9.09. The van der Waals surface area contributed by atoms with Gasteiger partial charge in [-0.3, -0.25) is 0 Å². The first-order valence-electron chi connectivity index (χ1n) is 6.23. The third-order valence-electron chi connectivity index (χ3n) is 2.92. The first-order chi connectivity index (χ1) is 10.8. The Balaban J connectivity index is 2.64. The van der Waals surface area contributed by atoms with E-state index in [4.69, 9.17) is 0 Å². The first-order valence-corrected chi connectivity index (χ1v) is 6.23. The molecular weight excluding hydrogens is 282 g/mol. The number of carbonyl (C=O) groups excluding carboxylic acids is 3. The Morgan fingerprint density at radius 3 is 1.82 bits per heavy atom. The molecule has 0 saturated carbocycles. The lowest BCUT2D eigenvalue weighted by Crippen LogP contribution is -1.90. The third kappa shape index (κ3) is 3.57. The molecule has 0 heterocycles. The molecule has 0 spiro atoms. The van der Waals surface area contributed by atoms with E-state index in [9.17, 15) is 14.4 Å². The zero-order valence-electron chi connectivity index (χ0n) is 11.3. The molecule has 2 aromatic rings. The molecule has 2 aromatic carbocycles. The minimum absolute atomic E-state index is 0.190. The molecule has 0 radical (unpaired) electrons. The van der Waals surface area contributed by atoms with Crippen molar-refractivity contribution in [1.82, 2.24) is 0 Å². The molecule has 0 aromatic heterocycles. The molecule has 0 aliphatic heterocycles. The van der Waals surface area contributed by atoms with Crippen molar-refractivity contribution in [3.05, 3.63) is 53.6 Å². The summed E-state index contributed by atoms with van der Waals surface area (Å²) in [5.74, 6) is 0. The van der Waals surface area contributed by atoms with Gasteiger partial charge in [0, 0.05) is 12.0 Å². The highest BCUT2D eigenvalue weighted by Crippen LogP contribution is 2.35. The molecule has 22 heavy (non-hydrogen) atoms. The molecule has 0 fully saturated rings. The topological polar surface area (TPSA) is 88.3 Å². The molecule has 0 saturated heterocycles. The smallest absolute Gasteiger partial charge is 0.211 e. The average molecular weight is 291 g/mol. The highest BCUT2D eigenvalue weighted by atomic mass is 16.1. The van der Waals surface area contributed by atoms with E-state index in [-0.39, 0.29) is 17.1 Å². The second-order valence-corrected chi connectivity index (χ2v) is 4.23. The van der Waals surface area contributed by atoms with Crippen molar-refractivity contribution in [2.45, 2.75) is 6.42 Å². The van der Waals surface area contributed by atoms with E-state index in [1.165, 1.54) is 30.4 Å². The summed E-state index contributed by atoms with van der Waals surface area (Å²) < 4.78 is 0. The Morgan fingerprint density at radius 1 is 0.773 bits per heavy atom. The lowest BCUT2D eigenvalue weighted by Gasteiger charge is -2.09. The van der Waals surface area contributed by atoms with Crippen LogP contribution in [0, 0.1) is 0 Å². The van der Waals surface area contributed by atoms with Crippen LogP contribution in [0.2, 0.25) is 0 Å². The number of hydrogen-bond donors (Lipinski definition) is 0. The van der Waals surface area contributed by atoms with E-state index >= 15 is 0 Å². The van der Waals surface area contributed by atoms with Crippen LogP contribution in [0.4, 0.5) is 17.1 Å². The number of aliphatic imine (C=N–C) groups is 3. The van der Waals surface area contributed by atoms with Crippen LogP contribution in [0.15, 0.2) is 57.4 Å². The van der Waals surface area contributed by atoms with Gasteiger partial charge in [0.2, 0.25) is 18.2 Å². The van der Waals surface area contributed by atoms with Gasteiger partial charge in [0.1, 0.15) is 0 Å². The van der Waals surface area contributed by atoms with Gasteiger partial charge in [-0.25, -0.2) is 14.4 Å². The fourth-order valence-electron chi connectivity index (χ4n) is 2.02. The van der Waals surface area contributed by atoms with E-state index in [0.717, 1.165) is 5.56 Å². The number of hydrogen-bond acceptors (Lipinski definition) is 6. The monoisotopic (exact) mass is 291 g/mol. The van der Waals surface area contributed by atoms with Crippen molar-refractivity contribution in [1.29, 1.82) is 0 Å². The Bertz CT molecular complexity index is 788. The molecule has 106 valence electrons. The molecule has 0 amide bonds. The molecular formula is C16H9N3O3. The van der Waals surface area contributed by atoms with Gasteiger partial charge in [0.05, 0.1) is 17.1 Å². The fourth-order valence-corrected chi connectivity index (χ4v) is 2.02. The van der Waals surface area contributed by atoms with Crippen molar-refractivity contribution in [3.63, 3.8) is 0 Å². The lowest BCUT2D eigenvalue weighted by atomic mass is 10.0. The van der Waals surface area contributed by atoms with Crippen molar-refractivity contribution in [2.75, 3.05) is 0 Å². The summed E-state index contributed by atoms with van der Waals surface area (Å²) in [6.07, 6.45) is 4.67. The van der Waals surface area contributed by atoms with Crippen LogP contribution in [-0.2, 0) is 20.8 Å². The predicted molar refractivity (Wildman–Crippen MR) is 79.0 cm³/mol. The average Bonchev–Trinajstić information content (AvgIpc) is 2.52. The van der Waals surface area contributed by atoms with Gasteiger partial charge in [-0.1, -0.05) is 30.3 Å². The summed E-state index contributed by atoms with van der Waals surface area (Å²) in [6.45, 7) is 0. The first kappa shape index (κ1) is 15.0. The van der Waals surface area contributed by atoms with Gasteiger partial charge in [-0.15, -0.1) is 0 Å². The maximum Gasteiger partial charge on any atom is 0.240 e. The van der Waals surface area contributed by atoms with Crippen LogP contribution in [0.3, 0.4) is 0 Å². The van der Waals surface area contributed by atoms with Gasteiger partial charge < -0.3 is 0 Å². The highest BCUT2D eigenvalue weighted by Gasteiger charge is 2.12. The quantitative estimate of drug-likeness (QED) is 0.626. The van der Waals surface area contributed by atoms with Crippen molar-refractivity contribution < 1.29 is 14.4 Å². The van der Waals surface area contributed by atoms with Crippen LogP contribution in [0.5, 0.6) is 0 Å². The number of rotatable bonds is 5. The summed E-state index contributed by atoms with van der Waals surface area (Å²) in [6, 6.07) is 12.2. The number of isocyanates is 3. The minimum atomic E-state index is 0.190. The Labute approximate surface area is 125 Å². The SMILES string of the molecule is O=C=Nc1cc(N=C=O)c(Cc2ccccc2)c(N=C=O)c1. The van der Waals surface area contributed by atoms with Gasteiger partial charge >= 0.3 is 0 Å². The largest absolute Gasteiger partial charge is 0.240 e. The summed E-state index contributed by atoms with van der Waals surface area (Å²) in [5, 5.41) is 0.